The van der Waals surface area contributed by atoms with Crippen LogP contribution in [0.2, 0.25) is 0 Å². The van der Waals surface area contributed by atoms with Crippen molar-refractivity contribution in [2.24, 2.45) is 5.92 Å². The van der Waals surface area contributed by atoms with Crippen molar-refractivity contribution in [1.29, 1.82) is 0 Å². The fourth-order valence-corrected chi connectivity index (χ4v) is 2.61. The van der Waals surface area contributed by atoms with Gasteiger partial charge in [0, 0.05) is 0 Å². The Labute approximate surface area is 102 Å². The number of hydrogen-bond donors (Lipinski definition) is 2. The molecule has 0 aliphatic heterocycles. The number of carboxylic acid groups (broad SMARTS) is 1. The van der Waals surface area contributed by atoms with Crippen LogP contribution in [0.5, 0.6) is 0 Å². The normalized spacial score (nSPS) is 18.8. The number of benzene rings is 1. The van der Waals surface area contributed by atoms with Crippen LogP contribution in [0.1, 0.15) is 34.8 Å². The van der Waals surface area contributed by atoms with E-state index in [2.05, 4.69) is 18.3 Å². The fourth-order valence-electron chi connectivity index (χ4n) is 2.61. The minimum absolute atomic E-state index is 0.490. The maximum atomic E-state index is 11.1. The summed E-state index contributed by atoms with van der Waals surface area (Å²) in [6.45, 7) is 4.14. The van der Waals surface area contributed by atoms with E-state index in [9.17, 15) is 4.79 Å². The van der Waals surface area contributed by atoms with Gasteiger partial charge in [0.25, 0.3) is 0 Å². The van der Waals surface area contributed by atoms with Crippen LogP contribution in [-0.2, 0) is 12.8 Å². The van der Waals surface area contributed by atoms with Crippen molar-refractivity contribution in [1.82, 2.24) is 5.32 Å². The molecule has 2 N–H and O–H groups in total. The Balaban J connectivity index is 2.16. The largest absolute Gasteiger partial charge is 0.478 e. The van der Waals surface area contributed by atoms with Gasteiger partial charge in [-0.1, -0.05) is 19.1 Å². The standard InChI is InChI=1S/C14H19NO2/c1-2-15-9-10-6-7-12-11(8-10)4-3-5-13(12)14(16)17/h3-5,10,15H,2,6-9H2,1H3,(H,16,17). The molecule has 3 nitrogen and oxygen atoms in total. The molecule has 0 heterocycles. The van der Waals surface area contributed by atoms with E-state index >= 15 is 0 Å². The lowest BCUT2D eigenvalue weighted by Crippen LogP contribution is -2.27. The van der Waals surface area contributed by atoms with Gasteiger partial charge in [-0.15, -0.1) is 0 Å². The van der Waals surface area contributed by atoms with Crippen LogP contribution < -0.4 is 5.32 Å². The average molecular weight is 233 g/mol. The summed E-state index contributed by atoms with van der Waals surface area (Å²) in [7, 11) is 0. The molecule has 0 radical (unpaired) electrons. The molecule has 0 saturated carbocycles. The van der Waals surface area contributed by atoms with Gasteiger partial charge in [0.05, 0.1) is 5.56 Å². The predicted molar refractivity (Wildman–Crippen MR) is 67.5 cm³/mol. The number of rotatable bonds is 4. The zero-order valence-electron chi connectivity index (χ0n) is 10.2. The topological polar surface area (TPSA) is 49.3 Å². The number of aromatic carboxylic acids is 1. The van der Waals surface area contributed by atoms with E-state index in [0.717, 1.165) is 37.9 Å². The quantitative estimate of drug-likeness (QED) is 0.837. The molecule has 0 aromatic heterocycles. The van der Waals surface area contributed by atoms with Crippen LogP contribution in [0.15, 0.2) is 18.2 Å². The highest BCUT2D eigenvalue weighted by Crippen LogP contribution is 2.27. The third-order valence-electron chi connectivity index (χ3n) is 3.50. The fraction of sp³-hybridized carbons (Fsp3) is 0.500. The Kier molecular flexibility index (Phi) is 3.79. The summed E-state index contributed by atoms with van der Waals surface area (Å²) >= 11 is 0. The Morgan fingerprint density at radius 2 is 2.35 bits per heavy atom. The Hall–Kier alpha value is -1.35. The summed E-state index contributed by atoms with van der Waals surface area (Å²) in [6.07, 6.45) is 2.99. The second-order valence-electron chi connectivity index (χ2n) is 4.66. The van der Waals surface area contributed by atoms with Crippen molar-refractivity contribution in [3.63, 3.8) is 0 Å². The molecular formula is C14H19NO2. The van der Waals surface area contributed by atoms with E-state index in [0.29, 0.717) is 11.5 Å². The zero-order valence-corrected chi connectivity index (χ0v) is 10.2. The maximum absolute atomic E-state index is 11.1. The molecule has 1 aromatic carbocycles. The maximum Gasteiger partial charge on any atom is 0.335 e. The summed E-state index contributed by atoms with van der Waals surface area (Å²) in [6, 6.07) is 5.64. The first-order valence-electron chi connectivity index (χ1n) is 6.27. The second-order valence-corrected chi connectivity index (χ2v) is 4.66. The molecule has 3 heteroatoms. The molecule has 1 aromatic rings. The highest BCUT2D eigenvalue weighted by atomic mass is 16.4. The van der Waals surface area contributed by atoms with E-state index in [1.807, 2.05) is 6.07 Å². The highest BCUT2D eigenvalue weighted by molar-refractivity contribution is 5.89. The van der Waals surface area contributed by atoms with Gasteiger partial charge >= 0.3 is 5.97 Å². The molecule has 1 aliphatic rings. The SMILES string of the molecule is CCNCC1CCc2c(cccc2C(=O)O)C1. The number of carboxylic acids is 1. The van der Waals surface area contributed by atoms with E-state index in [-0.39, 0.29) is 0 Å². The lowest BCUT2D eigenvalue weighted by Gasteiger charge is -2.25. The third-order valence-corrected chi connectivity index (χ3v) is 3.50. The Morgan fingerprint density at radius 3 is 3.06 bits per heavy atom. The first kappa shape index (κ1) is 12.1. The molecule has 1 atom stereocenters. The smallest absolute Gasteiger partial charge is 0.335 e. The van der Waals surface area contributed by atoms with Crippen LogP contribution >= 0.6 is 0 Å². The highest BCUT2D eigenvalue weighted by Gasteiger charge is 2.22. The van der Waals surface area contributed by atoms with Crippen molar-refractivity contribution in [3.8, 4) is 0 Å². The van der Waals surface area contributed by atoms with Crippen LogP contribution in [0.25, 0.3) is 0 Å². The lowest BCUT2D eigenvalue weighted by atomic mass is 9.82. The lowest BCUT2D eigenvalue weighted by molar-refractivity contribution is 0.0695. The van der Waals surface area contributed by atoms with Crippen molar-refractivity contribution in [2.75, 3.05) is 13.1 Å². The molecule has 17 heavy (non-hydrogen) atoms. The Bertz CT molecular complexity index is 415. The van der Waals surface area contributed by atoms with Crippen LogP contribution in [-0.4, -0.2) is 24.2 Å². The molecular weight excluding hydrogens is 214 g/mol. The van der Waals surface area contributed by atoms with Gasteiger partial charge < -0.3 is 10.4 Å². The molecule has 1 unspecified atom stereocenters. The number of carbonyl (C=O) groups is 1. The number of hydrogen-bond acceptors (Lipinski definition) is 2. The van der Waals surface area contributed by atoms with Gasteiger partial charge in [0.15, 0.2) is 0 Å². The molecule has 1 aliphatic carbocycles. The van der Waals surface area contributed by atoms with E-state index < -0.39 is 5.97 Å². The molecule has 92 valence electrons. The van der Waals surface area contributed by atoms with E-state index in [4.69, 9.17) is 5.11 Å². The van der Waals surface area contributed by atoms with E-state index in [1.165, 1.54) is 5.56 Å². The van der Waals surface area contributed by atoms with Crippen LogP contribution in [0.3, 0.4) is 0 Å². The summed E-state index contributed by atoms with van der Waals surface area (Å²) in [5, 5.41) is 12.5. The second kappa shape index (κ2) is 5.32. The van der Waals surface area contributed by atoms with Crippen LogP contribution in [0, 0.1) is 5.92 Å². The first-order chi connectivity index (χ1) is 8.22. The van der Waals surface area contributed by atoms with Gasteiger partial charge in [-0.2, -0.15) is 0 Å². The van der Waals surface area contributed by atoms with Crippen LogP contribution in [0.4, 0.5) is 0 Å². The Morgan fingerprint density at radius 1 is 1.53 bits per heavy atom. The van der Waals surface area contributed by atoms with Crippen molar-refractivity contribution >= 4 is 5.97 Å². The van der Waals surface area contributed by atoms with Gasteiger partial charge in [0.1, 0.15) is 0 Å². The number of nitrogens with one attached hydrogen (secondary N) is 1. The van der Waals surface area contributed by atoms with Crippen molar-refractivity contribution < 1.29 is 9.90 Å². The minimum atomic E-state index is -0.799. The van der Waals surface area contributed by atoms with Crippen molar-refractivity contribution in [3.05, 3.63) is 34.9 Å². The van der Waals surface area contributed by atoms with Crippen molar-refractivity contribution in [2.45, 2.75) is 26.2 Å². The summed E-state index contributed by atoms with van der Waals surface area (Å²) < 4.78 is 0. The zero-order chi connectivity index (χ0) is 12.3. The third kappa shape index (κ3) is 2.67. The molecule has 0 bridgehead atoms. The molecule has 0 amide bonds. The average Bonchev–Trinajstić information content (AvgIpc) is 2.35. The van der Waals surface area contributed by atoms with E-state index in [1.54, 1.807) is 6.07 Å². The summed E-state index contributed by atoms with van der Waals surface area (Å²) in [5.74, 6) is -0.154. The minimum Gasteiger partial charge on any atom is -0.478 e. The molecule has 0 saturated heterocycles. The predicted octanol–water partition coefficient (Wildman–Crippen LogP) is 2.10. The van der Waals surface area contributed by atoms with Gasteiger partial charge in [-0.3, -0.25) is 0 Å². The molecule has 2 rings (SSSR count). The summed E-state index contributed by atoms with van der Waals surface area (Å²) in [4.78, 5) is 11.1. The van der Waals surface area contributed by atoms with Gasteiger partial charge in [-0.25, -0.2) is 4.79 Å². The first-order valence-corrected chi connectivity index (χ1v) is 6.27. The number of fused-ring (bicyclic) bond motifs is 1. The summed E-state index contributed by atoms with van der Waals surface area (Å²) in [5.41, 5.74) is 2.76. The molecule has 0 spiro atoms. The molecule has 0 fully saturated rings. The van der Waals surface area contributed by atoms with Gasteiger partial charge in [-0.05, 0) is 55.5 Å². The van der Waals surface area contributed by atoms with Gasteiger partial charge in [0.2, 0.25) is 0 Å². The monoisotopic (exact) mass is 233 g/mol.